The Kier molecular flexibility index (Phi) is 11.3. The van der Waals surface area contributed by atoms with E-state index in [-0.39, 0.29) is 11.8 Å². The Morgan fingerprint density at radius 3 is 1.27 bits per heavy atom. The van der Waals surface area contributed by atoms with E-state index in [2.05, 4.69) is 52.8 Å². The first-order valence-electron chi connectivity index (χ1n) is 15.2. The van der Waals surface area contributed by atoms with Crippen LogP contribution in [0.5, 0.6) is 0 Å². The number of carbonyl (C=O) groups excluding carboxylic acids is 2. The summed E-state index contributed by atoms with van der Waals surface area (Å²) in [6, 6.07) is 20.4. The van der Waals surface area contributed by atoms with Crippen LogP contribution < -0.4 is 9.80 Å². The molecule has 0 aliphatic carbocycles. The smallest absolute Gasteiger partial charge is 0.223 e. The minimum absolute atomic E-state index is 0.247. The summed E-state index contributed by atoms with van der Waals surface area (Å²) < 4.78 is 8.43. The number of anilines is 2. The zero-order valence-corrected chi connectivity index (χ0v) is 27.1. The van der Waals surface area contributed by atoms with Crippen molar-refractivity contribution in [3.05, 3.63) is 83.4 Å². The van der Waals surface area contributed by atoms with E-state index in [1.807, 2.05) is 60.0 Å². The highest BCUT2D eigenvalue weighted by atomic mass is 32.1. The minimum atomic E-state index is 0.247. The first kappa shape index (κ1) is 31.5. The molecule has 2 saturated heterocycles. The number of piperazine rings is 2. The second kappa shape index (κ2) is 15.7. The largest absolute Gasteiger partial charge is 0.343 e. The van der Waals surface area contributed by atoms with E-state index in [1.54, 1.807) is 0 Å². The van der Waals surface area contributed by atoms with Gasteiger partial charge in [0, 0.05) is 88.3 Å². The van der Waals surface area contributed by atoms with Gasteiger partial charge in [-0.05, 0) is 37.8 Å². The lowest BCUT2D eigenvalue weighted by molar-refractivity contribution is -0.132. The van der Waals surface area contributed by atoms with Crippen molar-refractivity contribution >= 4 is 45.1 Å². The van der Waals surface area contributed by atoms with Crippen molar-refractivity contribution in [3.8, 4) is 0 Å². The van der Waals surface area contributed by atoms with Crippen LogP contribution in [0.2, 0.25) is 0 Å². The number of nitrogens with zero attached hydrogens (tertiary/aromatic N) is 8. The van der Waals surface area contributed by atoms with Gasteiger partial charge in [0.1, 0.15) is 11.6 Å². The normalized spacial score (nSPS) is 15.1. The topological polar surface area (TPSA) is 98.7 Å². The molecule has 2 amide bonds. The number of aryl methyl sites for hydroxylation is 4. The first-order chi connectivity index (χ1) is 21.4. The predicted octanol–water partition coefficient (Wildman–Crippen LogP) is 4.26. The monoisotopic (exact) mass is 632 g/mol. The Labute approximate surface area is 267 Å². The van der Waals surface area contributed by atoms with Crippen molar-refractivity contribution in [2.45, 2.75) is 39.5 Å². The van der Waals surface area contributed by atoms with E-state index in [0.717, 1.165) is 87.1 Å². The van der Waals surface area contributed by atoms with Crippen molar-refractivity contribution in [1.29, 1.82) is 0 Å². The summed E-state index contributed by atoms with van der Waals surface area (Å²) in [4.78, 5) is 41.8. The van der Waals surface area contributed by atoms with Crippen LogP contribution in [0.3, 0.4) is 0 Å². The summed E-state index contributed by atoms with van der Waals surface area (Å²) in [5.41, 5.74) is 2.44. The second-order valence-electron chi connectivity index (χ2n) is 11.0. The Balaban J connectivity index is 0.000000175. The van der Waals surface area contributed by atoms with Crippen molar-refractivity contribution in [3.63, 3.8) is 0 Å². The molecule has 2 aromatic carbocycles. The number of benzene rings is 2. The van der Waals surface area contributed by atoms with Gasteiger partial charge in [0.2, 0.25) is 22.1 Å². The molecule has 12 heteroatoms. The van der Waals surface area contributed by atoms with Crippen molar-refractivity contribution < 1.29 is 9.59 Å². The molecule has 6 rings (SSSR count). The molecule has 0 atom stereocenters. The molecule has 232 valence electrons. The third kappa shape index (κ3) is 9.06. The summed E-state index contributed by atoms with van der Waals surface area (Å²) in [7, 11) is 0. The van der Waals surface area contributed by atoms with Gasteiger partial charge in [0.05, 0.1) is 0 Å². The highest BCUT2D eigenvalue weighted by Gasteiger charge is 2.24. The summed E-state index contributed by atoms with van der Waals surface area (Å²) >= 11 is 2.87. The maximum absolute atomic E-state index is 12.3. The highest BCUT2D eigenvalue weighted by molar-refractivity contribution is 7.10. The Bertz CT molecular complexity index is 1350. The number of hydrogen-bond acceptors (Lipinski definition) is 10. The lowest BCUT2D eigenvalue weighted by atomic mass is 10.1. The van der Waals surface area contributed by atoms with Crippen LogP contribution in [-0.4, -0.2) is 92.7 Å². The molecule has 2 fully saturated rings. The fraction of sp³-hybridized carbons (Fsp3) is 0.438. The fourth-order valence-electron chi connectivity index (χ4n) is 5.23. The molecule has 0 radical (unpaired) electrons. The summed E-state index contributed by atoms with van der Waals surface area (Å²) in [6.07, 6.45) is 2.80. The van der Waals surface area contributed by atoms with Crippen LogP contribution in [0.25, 0.3) is 0 Å². The average molecular weight is 633 g/mol. The Hall–Kier alpha value is -3.90. The van der Waals surface area contributed by atoms with Gasteiger partial charge in [-0.2, -0.15) is 8.75 Å². The van der Waals surface area contributed by atoms with Gasteiger partial charge in [-0.3, -0.25) is 9.59 Å². The molecule has 4 aromatic rings. The van der Waals surface area contributed by atoms with Crippen LogP contribution in [0.15, 0.2) is 60.7 Å². The van der Waals surface area contributed by atoms with Gasteiger partial charge in [-0.1, -0.05) is 60.7 Å². The zero-order chi connectivity index (χ0) is 30.7. The maximum Gasteiger partial charge on any atom is 0.223 e. The van der Waals surface area contributed by atoms with E-state index < -0.39 is 0 Å². The summed E-state index contributed by atoms with van der Waals surface area (Å²) in [6.45, 7) is 10.2. The van der Waals surface area contributed by atoms with Gasteiger partial charge in [-0.15, -0.1) is 0 Å². The van der Waals surface area contributed by atoms with E-state index in [4.69, 9.17) is 0 Å². The van der Waals surface area contributed by atoms with Crippen LogP contribution in [0, 0.1) is 13.8 Å². The molecule has 0 N–H and O–H groups in total. The Morgan fingerprint density at radius 2 is 0.955 bits per heavy atom. The lowest BCUT2D eigenvalue weighted by Gasteiger charge is -2.34. The molecular weight excluding hydrogens is 593 g/mol. The maximum atomic E-state index is 12.3. The van der Waals surface area contributed by atoms with Gasteiger partial charge in [0.25, 0.3) is 0 Å². The predicted molar refractivity (Wildman–Crippen MR) is 176 cm³/mol. The molecule has 2 aromatic heterocycles. The number of amides is 2. The van der Waals surface area contributed by atoms with Crippen LogP contribution >= 0.6 is 23.1 Å². The number of hydrogen-bond donors (Lipinski definition) is 0. The molecule has 0 saturated carbocycles. The van der Waals surface area contributed by atoms with Gasteiger partial charge >= 0.3 is 0 Å². The van der Waals surface area contributed by atoms with Crippen LogP contribution in [0.4, 0.5) is 10.3 Å². The molecule has 0 bridgehead atoms. The standard InChI is InChI=1S/2C16H20N4OS/c2*1-13-17-16(22-18-13)20-11-9-19(10-12-20)15(21)8-7-14-5-3-2-4-6-14/h2*2-6H,7-12H2,1H3. The quantitative estimate of drug-likeness (QED) is 0.284. The fourth-order valence-corrected chi connectivity index (χ4v) is 6.68. The third-order valence-electron chi connectivity index (χ3n) is 7.78. The molecule has 10 nitrogen and oxygen atoms in total. The Morgan fingerprint density at radius 1 is 0.591 bits per heavy atom. The van der Waals surface area contributed by atoms with Crippen molar-refractivity contribution in [2.75, 3.05) is 62.2 Å². The highest BCUT2D eigenvalue weighted by Crippen LogP contribution is 2.20. The molecule has 2 aliphatic heterocycles. The average Bonchev–Trinajstić information content (AvgIpc) is 3.72. The van der Waals surface area contributed by atoms with Gasteiger partial charge < -0.3 is 19.6 Å². The summed E-state index contributed by atoms with van der Waals surface area (Å²) in [5, 5.41) is 1.93. The van der Waals surface area contributed by atoms with Crippen LogP contribution in [0.1, 0.15) is 35.6 Å². The molecule has 44 heavy (non-hydrogen) atoms. The third-order valence-corrected chi connectivity index (χ3v) is 9.52. The van der Waals surface area contributed by atoms with Gasteiger partial charge in [-0.25, -0.2) is 9.97 Å². The van der Waals surface area contributed by atoms with E-state index in [9.17, 15) is 9.59 Å². The van der Waals surface area contributed by atoms with E-state index in [0.29, 0.717) is 12.8 Å². The van der Waals surface area contributed by atoms with Crippen molar-refractivity contribution in [2.24, 2.45) is 0 Å². The molecule has 0 unspecified atom stereocenters. The summed E-state index contributed by atoms with van der Waals surface area (Å²) in [5.74, 6) is 2.14. The van der Waals surface area contributed by atoms with E-state index in [1.165, 1.54) is 34.2 Å². The van der Waals surface area contributed by atoms with Crippen molar-refractivity contribution in [1.82, 2.24) is 28.5 Å². The van der Waals surface area contributed by atoms with E-state index >= 15 is 0 Å². The second-order valence-corrected chi connectivity index (χ2v) is 12.4. The number of carbonyl (C=O) groups is 2. The molecular formula is C32H40N8O2S2. The van der Waals surface area contributed by atoms with Gasteiger partial charge in [0.15, 0.2) is 0 Å². The SMILES string of the molecule is Cc1nsc(N2CCN(C(=O)CCc3ccccc3)CC2)n1.Cc1nsc(N2CCN(C(=O)CCc3ccccc3)CC2)n1. The van der Waals surface area contributed by atoms with Crippen LogP contribution in [-0.2, 0) is 22.4 Å². The number of aromatic nitrogens is 4. The lowest BCUT2D eigenvalue weighted by Crippen LogP contribution is -2.48. The zero-order valence-electron chi connectivity index (χ0n) is 25.5. The molecule has 4 heterocycles. The first-order valence-corrected chi connectivity index (χ1v) is 16.7. The minimum Gasteiger partial charge on any atom is -0.343 e. The molecule has 0 spiro atoms. The number of rotatable bonds is 8. The molecule has 2 aliphatic rings.